The van der Waals surface area contributed by atoms with E-state index in [1.807, 2.05) is 18.2 Å². The van der Waals surface area contributed by atoms with Crippen molar-refractivity contribution in [1.82, 2.24) is 20.2 Å². The number of carbonyl (C=O) groups excluding carboxylic acids is 2. The fourth-order valence-corrected chi connectivity index (χ4v) is 3.93. The average molecular weight is 436 g/mol. The minimum absolute atomic E-state index is 0.116. The topological polar surface area (TPSA) is 104 Å². The first-order valence-corrected chi connectivity index (χ1v) is 11.2. The number of amides is 1. The van der Waals surface area contributed by atoms with Crippen LogP contribution in [0, 0.1) is 5.92 Å². The molecule has 0 bridgehead atoms. The van der Waals surface area contributed by atoms with E-state index in [9.17, 15) is 9.59 Å². The number of aromatic nitrogens is 2. The van der Waals surface area contributed by atoms with Crippen molar-refractivity contribution in [2.45, 2.75) is 45.3 Å². The number of fused-ring (bicyclic) bond motifs is 1. The number of aldehydes is 1. The van der Waals surface area contributed by atoms with E-state index in [1.54, 1.807) is 12.5 Å². The maximum Gasteiger partial charge on any atom is 0.237 e. The first kappa shape index (κ1) is 23.6. The number of carbonyl (C=O) groups is 2. The van der Waals surface area contributed by atoms with E-state index in [0.717, 1.165) is 24.0 Å². The third-order valence-electron chi connectivity index (χ3n) is 6.05. The minimum atomic E-state index is -0.667. The largest absolute Gasteiger partial charge is 0.350 e. The molecule has 0 aliphatic heterocycles. The molecule has 2 aromatic carbocycles. The van der Waals surface area contributed by atoms with Crippen LogP contribution in [0.15, 0.2) is 55.0 Å². The Bertz CT molecular complexity index is 999. The van der Waals surface area contributed by atoms with Crippen molar-refractivity contribution in [3.63, 3.8) is 0 Å². The quantitative estimate of drug-likeness (QED) is 0.380. The van der Waals surface area contributed by atoms with E-state index in [4.69, 9.17) is 5.73 Å². The third-order valence-corrected chi connectivity index (χ3v) is 6.05. The third kappa shape index (κ3) is 6.24. The SMILES string of the molecule is CC[C@H](C)[C@@H](CN(CC=O)Cc1cccc2ccccc12)NC(=O)[C@@H](N)Cc1cnc[nH]1. The fourth-order valence-electron chi connectivity index (χ4n) is 3.93. The summed E-state index contributed by atoms with van der Waals surface area (Å²) in [5.74, 6) is 0.0427. The Kier molecular flexibility index (Phi) is 8.53. The summed E-state index contributed by atoms with van der Waals surface area (Å²) >= 11 is 0. The van der Waals surface area contributed by atoms with Crippen LogP contribution in [0.2, 0.25) is 0 Å². The molecule has 7 heteroatoms. The maximum atomic E-state index is 12.8. The van der Waals surface area contributed by atoms with Gasteiger partial charge in [0.25, 0.3) is 0 Å². The van der Waals surface area contributed by atoms with Crippen LogP contribution in [0.4, 0.5) is 0 Å². The molecule has 3 aromatic rings. The van der Waals surface area contributed by atoms with Crippen LogP contribution in [-0.4, -0.2) is 52.2 Å². The van der Waals surface area contributed by atoms with Gasteiger partial charge in [-0.05, 0) is 22.3 Å². The van der Waals surface area contributed by atoms with Crippen molar-refractivity contribution in [2.24, 2.45) is 11.7 Å². The predicted molar refractivity (Wildman–Crippen MR) is 127 cm³/mol. The Morgan fingerprint density at radius 2 is 2.03 bits per heavy atom. The van der Waals surface area contributed by atoms with Crippen molar-refractivity contribution in [2.75, 3.05) is 13.1 Å². The molecule has 3 atom stereocenters. The number of benzene rings is 2. The number of imidazole rings is 1. The molecular formula is C25H33N5O2. The lowest BCUT2D eigenvalue weighted by Gasteiger charge is -2.31. The summed E-state index contributed by atoms with van der Waals surface area (Å²) in [5.41, 5.74) is 8.13. The monoisotopic (exact) mass is 435 g/mol. The van der Waals surface area contributed by atoms with Gasteiger partial charge in [0.2, 0.25) is 5.91 Å². The molecular weight excluding hydrogens is 402 g/mol. The number of nitrogens with zero attached hydrogens (tertiary/aromatic N) is 2. The van der Waals surface area contributed by atoms with E-state index < -0.39 is 6.04 Å². The molecule has 0 radical (unpaired) electrons. The molecule has 1 heterocycles. The molecule has 1 aromatic heterocycles. The number of rotatable bonds is 12. The first-order chi connectivity index (χ1) is 15.5. The Hall–Kier alpha value is -3.03. The van der Waals surface area contributed by atoms with Gasteiger partial charge in [-0.15, -0.1) is 0 Å². The zero-order valence-electron chi connectivity index (χ0n) is 18.8. The highest BCUT2D eigenvalue weighted by molar-refractivity contribution is 5.85. The van der Waals surface area contributed by atoms with Crippen LogP contribution in [0.25, 0.3) is 10.8 Å². The zero-order valence-corrected chi connectivity index (χ0v) is 18.8. The molecule has 7 nitrogen and oxygen atoms in total. The van der Waals surface area contributed by atoms with Crippen molar-refractivity contribution in [3.05, 3.63) is 66.2 Å². The highest BCUT2D eigenvalue weighted by atomic mass is 16.2. The molecule has 0 aliphatic rings. The first-order valence-electron chi connectivity index (χ1n) is 11.2. The number of aromatic amines is 1. The highest BCUT2D eigenvalue weighted by Gasteiger charge is 2.24. The van der Waals surface area contributed by atoms with E-state index in [2.05, 4.69) is 58.3 Å². The van der Waals surface area contributed by atoms with E-state index >= 15 is 0 Å². The number of hydrogen-bond acceptors (Lipinski definition) is 5. The van der Waals surface area contributed by atoms with Gasteiger partial charge in [0.15, 0.2) is 0 Å². The highest BCUT2D eigenvalue weighted by Crippen LogP contribution is 2.20. The summed E-state index contributed by atoms with van der Waals surface area (Å²) in [6.07, 6.45) is 5.48. The Balaban J connectivity index is 1.72. The summed E-state index contributed by atoms with van der Waals surface area (Å²) < 4.78 is 0. The zero-order chi connectivity index (χ0) is 22.9. The van der Waals surface area contributed by atoms with Gasteiger partial charge < -0.3 is 20.8 Å². The maximum absolute atomic E-state index is 12.8. The number of nitrogens with one attached hydrogen (secondary N) is 2. The lowest BCUT2D eigenvalue weighted by Crippen LogP contribution is -2.52. The second kappa shape index (κ2) is 11.5. The van der Waals surface area contributed by atoms with Gasteiger partial charge in [-0.3, -0.25) is 9.69 Å². The lowest BCUT2D eigenvalue weighted by atomic mass is 9.97. The smallest absolute Gasteiger partial charge is 0.237 e. The Morgan fingerprint density at radius 3 is 2.75 bits per heavy atom. The van der Waals surface area contributed by atoms with Gasteiger partial charge in [-0.1, -0.05) is 62.7 Å². The van der Waals surface area contributed by atoms with Gasteiger partial charge in [-0.25, -0.2) is 4.98 Å². The molecule has 0 saturated heterocycles. The number of hydrogen-bond donors (Lipinski definition) is 3. The second-order valence-electron chi connectivity index (χ2n) is 8.39. The molecule has 0 fully saturated rings. The van der Waals surface area contributed by atoms with Crippen molar-refractivity contribution >= 4 is 23.0 Å². The van der Waals surface area contributed by atoms with Gasteiger partial charge >= 0.3 is 0 Å². The molecule has 0 unspecified atom stereocenters. The Morgan fingerprint density at radius 1 is 1.25 bits per heavy atom. The molecule has 170 valence electrons. The van der Waals surface area contributed by atoms with Gasteiger partial charge in [0, 0.05) is 37.4 Å². The number of nitrogens with two attached hydrogens (primary N) is 1. The molecule has 1 amide bonds. The van der Waals surface area contributed by atoms with Crippen LogP contribution in [0.5, 0.6) is 0 Å². The Labute approximate surface area is 189 Å². The molecule has 32 heavy (non-hydrogen) atoms. The molecule has 4 N–H and O–H groups in total. The van der Waals surface area contributed by atoms with Crippen LogP contribution in [-0.2, 0) is 22.6 Å². The van der Waals surface area contributed by atoms with Crippen LogP contribution >= 0.6 is 0 Å². The summed E-state index contributed by atoms with van der Waals surface area (Å²) in [6.45, 7) is 5.71. The molecule has 0 saturated carbocycles. The summed E-state index contributed by atoms with van der Waals surface area (Å²) in [7, 11) is 0. The van der Waals surface area contributed by atoms with Gasteiger partial charge in [0.1, 0.15) is 6.29 Å². The van der Waals surface area contributed by atoms with Crippen LogP contribution < -0.4 is 11.1 Å². The summed E-state index contributed by atoms with van der Waals surface area (Å²) in [4.78, 5) is 33.3. The van der Waals surface area contributed by atoms with E-state index in [-0.39, 0.29) is 17.9 Å². The normalized spacial score (nSPS) is 14.2. The average Bonchev–Trinajstić information content (AvgIpc) is 3.31. The van der Waals surface area contributed by atoms with Crippen LogP contribution in [0.3, 0.4) is 0 Å². The van der Waals surface area contributed by atoms with E-state index in [1.165, 1.54) is 10.8 Å². The summed E-state index contributed by atoms with van der Waals surface area (Å²) in [6, 6.07) is 13.7. The van der Waals surface area contributed by atoms with Crippen molar-refractivity contribution < 1.29 is 9.59 Å². The minimum Gasteiger partial charge on any atom is -0.350 e. The van der Waals surface area contributed by atoms with Gasteiger partial charge in [0.05, 0.1) is 18.9 Å². The second-order valence-corrected chi connectivity index (χ2v) is 8.39. The van der Waals surface area contributed by atoms with Crippen molar-refractivity contribution in [3.8, 4) is 0 Å². The van der Waals surface area contributed by atoms with Gasteiger partial charge in [-0.2, -0.15) is 0 Å². The summed E-state index contributed by atoms with van der Waals surface area (Å²) in [5, 5.41) is 5.49. The van der Waals surface area contributed by atoms with Crippen LogP contribution in [0.1, 0.15) is 31.5 Å². The molecule has 3 rings (SSSR count). The standard InChI is InChI=1S/C25H33N5O2/c1-3-18(2)24(29-25(32)23(26)13-21-14-27-17-28-21)16-30(11-12-31)15-20-9-6-8-19-7-4-5-10-22(19)20/h4-10,12,14,17-18,23-24H,3,11,13,15-16,26H2,1-2H3,(H,27,28)(H,29,32)/t18-,23-,24+/m0/s1. The molecule has 0 spiro atoms. The predicted octanol–water partition coefficient (Wildman–Crippen LogP) is 2.66. The van der Waals surface area contributed by atoms with Crippen molar-refractivity contribution in [1.29, 1.82) is 0 Å². The lowest BCUT2D eigenvalue weighted by molar-refractivity contribution is -0.123. The molecule has 0 aliphatic carbocycles. The van der Waals surface area contributed by atoms with E-state index in [0.29, 0.717) is 26.1 Å². The fraction of sp³-hybridized carbons (Fsp3) is 0.400. The number of H-pyrrole nitrogens is 1.